The molecule has 0 aliphatic carbocycles. The fourth-order valence-corrected chi connectivity index (χ4v) is 1.39. The van der Waals surface area contributed by atoms with Crippen LogP contribution >= 0.6 is 0 Å². The molecular formula is C13H13FN2O. The molecule has 0 fully saturated rings. The lowest BCUT2D eigenvalue weighted by Crippen LogP contribution is -1.96. The maximum absolute atomic E-state index is 13.7. The molecule has 2 aromatic rings. The van der Waals surface area contributed by atoms with Crippen LogP contribution in [0.1, 0.15) is 11.1 Å². The normalized spacial score (nSPS) is 10.3. The van der Waals surface area contributed by atoms with Gasteiger partial charge in [0.1, 0.15) is 0 Å². The van der Waals surface area contributed by atoms with Crippen LogP contribution in [0.25, 0.3) is 0 Å². The first-order chi connectivity index (χ1) is 8.08. The van der Waals surface area contributed by atoms with E-state index in [1.807, 2.05) is 6.92 Å². The van der Waals surface area contributed by atoms with E-state index < -0.39 is 0 Å². The molecule has 88 valence electrons. The van der Waals surface area contributed by atoms with Crippen molar-refractivity contribution in [3.05, 3.63) is 47.4 Å². The molecule has 1 heterocycles. The van der Waals surface area contributed by atoms with Crippen molar-refractivity contribution in [1.29, 1.82) is 0 Å². The predicted octanol–water partition coefficient (Wildman–Crippen LogP) is 3.21. The highest BCUT2D eigenvalue weighted by atomic mass is 19.1. The highest BCUT2D eigenvalue weighted by Crippen LogP contribution is 2.26. The Hall–Kier alpha value is -2.10. The molecule has 3 nitrogen and oxygen atoms in total. The molecule has 2 N–H and O–H groups in total. The first kappa shape index (κ1) is 11.4. The molecule has 0 spiro atoms. The summed E-state index contributed by atoms with van der Waals surface area (Å²) >= 11 is 0. The smallest absolute Gasteiger partial charge is 0.221 e. The van der Waals surface area contributed by atoms with Gasteiger partial charge in [0.05, 0.1) is 0 Å². The maximum atomic E-state index is 13.7. The van der Waals surface area contributed by atoms with E-state index in [1.54, 1.807) is 37.4 Å². The summed E-state index contributed by atoms with van der Waals surface area (Å²) < 4.78 is 19.0. The molecular weight excluding hydrogens is 219 g/mol. The zero-order chi connectivity index (χ0) is 12.4. The van der Waals surface area contributed by atoms with Crippen LogP contribution in [0.3, 0.4) is 0 Å². The first-order valence-corrected chi connectivity index (χ1v) is 5.23. The molecule has 0 saturated carbocycles. The molecule has 0 amide bonds. The largest absolute Gasteiger partial charge is 0.436 e. The second-order valence-electron chi connectivity index (χ2n) is 3.87. The van der Waals surface area contributed by atoms with Gasteiger partial charge in [0.2, 0.25) is 5.88 Å². The van der Waals surface area contributed by atoms with Gasteiger partial charge in [0.25, 0.3) is 0 Å². The van der Waals surface area contributed by atoms with E-state index in [1.165, 1.54) is 0 Å². The number of nitrogens with zero attached hydrogens (tertiary/aromatic N) is 1. The molecule has 4 heteroatoms. The molecule has 0 radical (unpaired) electrons. The van der Waals surface area contributed by atoms with E-state index in [0.717, 1.165) is 5.56 Å². The Balaban J connectivity index is 2.31. The lowest BCUT2D eigenvalue weighted by molar-refractivity contribution is 0.425. The Morgan fingerprint density at radius 3 is 2.71 bits per heavy atom. The van der Waals surface area contributed by atoms with Gasteiger partial charge >= 0.3 is 0 Å². The van der Waals surface area contributed by atoms with Crippen LogP contribution < -0.4 is 10.5 Å². The number of ether oxygens (including phenoxy) is 1. The third-order valence-electron chi connectivity index (χ3n) is 2.49. The van der Waals surface area contributed by atoms with Crippen molar-refractivity contribution in [3.63, 3.8) is 0 Å². The summed E-state index contributed by atoms with van der Waals surface area (Å²) in [6, 6.07) is 6.54. The Morgan fingerprint density at radius 1 is 1.24 bits per heavy atom. The zero-order valence-corrected chi connectivity index (χ0v) is 9.70. The van der Waals surface area contributed by atoms with Gasteiger partial charge in [-0.15, -0.1) is 0 Å². The van der Waals surface area contributed by atoms with E-state index in [9.17, 15) is 4.39 Å². The summed E-state index contributed by atoms with van der Waals surface area (Å²) in [6.45, 7) is 3.53. The van der Waals surface area contributed by atoms with Gasteiger partial charge in [0, 0.05) is 18.0 Å². The van der Waals surface area contributed by atoms with Crippen LogP contribution in [0.2, 0.25) is 0 Å². The van der Waals surface area contributed by atoms with Crippen molar-refractivity contribution in [3.8, 4) is 11.6 Å². The maximum Gasteiger partial charge on any atom is 0.221 e. The predicted molar refractivity (Wildman–Crippen MR) is 64.6 cm³/mol. The molecule has 0 saturated heterocycles. The number of benzene rings is 1. The van der Waals surface area contributed by atoms with Gasteiger partial charge in [0.15, 0.2) is 11.6 Å². The Labute approximate surface area is 99.1 Å². The number of halogens is 1. The van der Waals surface area contributed by atoms with Crippen LogP contribution in [0.5, 0.6) is 11.6 Å². The van der Waals surface area contributed by atoms with Crippen LogP contribution in [0, 0.1) is 19.7 Å². The number of hydrogen-bond acceptors (Lipinski definition) is 3. The molecule has 0 aliphatic rings. The van der Waals surface area contributed by atoms with E-state index in [4.69, 9.17) is 10.5 Å². The van der Waals surface area contributed by atoms with E-state index >= 15 is 0 Å². The van der Waals surface area contributed by atoms with E-state index in [-0.39, 0.29) is 17.4 Å². The highest BCUT2D eigenvalue weighted by Gasteiger charge is 2.08. The lowest BCUT2D eigenvalue weighted by atomic mass is 10.2. The minimum Gasteiger partial charge on any atom is -0.436 e. The van der Waals surface area contributed by atoms with Gasteiger partial charge in [-0.1, -0.05) is 12.1 Å². The number of aryl methyl sites for hydroxylation is 2. The molecule has 0 unspecified atom stereocenters. The number of nitrogen functional groups attached to an aromatic ring is 1. The topological polar surface area (TPSA) is 48.1 Å². The fraction of sp³-hybridized carbons (Fsp3) is 0.154. The number of pyridine rings is 1. The molecule has 0 atom stereocenters. The van der Waals surface area contributed by atoms with Crippen LogP contribution in [-0.4, -0.2) is 4.98 Å². The highest BCUT2D eigenvalue weighted by molar-refractivity contribution is 5.48. The summed E-state index contributed by atoms with van der Waals surface area (Å²) in [5.41, 5.74) is 7.69. The summed E-state index contributed by atoms with van der Waals surface area (Å²) in [7, 11) is 0. The number of anilines is 1. The van der Waals surface area contributed by atoms with Gasteiger partial charge in [-0.2, -0.15) is 0 Å². The van der Waals surface area contributed by atoms with Gasteiger partial charge in [-0.3, -0.25) is 0 Å². The zero-order valence-electron chi connectivity index (χ0n) is 9.70. The second kappa shape index (κ2) is 4.41. The average Bonchev–Trinajstić information content (AvgIpc) is 2.30. The van der Waals surface area contributed by atoms with E-state index in [2.05, 4.69) is 4.98 Å². The van der Waals surface area contributed by atoms with Gasteiger partial charge in [-0.05, 0) is 31.0 Å². The van der Waals surface area contributed by atoms with Crippen molar-refractivity contribution in [2.45, 2.75) is 13.8 Å². The summed E-state index contributed by atoms with van der Waals surface area (Å²) in [4.78, 5) is 4.04. The van der Waals surface area contributed by atoms with Crippen molar-refractivity contribution in [2.24, 2.45) is 0 Å². The van der Waals surface area contributed by atoms with Crippen molar-refractivity contribution >= 4 is 5.69 Å². The molecule has 0 aliphatic heterocycles. The number of nitrogens with two attached hydrogens (primary N) is 1. The molecule has 1 aromatic heterocycles. The third-order valence-corrected chi connectivity index (χ3v) is 2.49. The van der Waals surface area contributed by atoms with Crippen molar-refractivity contribution in [1.82, 2.24) is 4.98 Å². The monoisotopic (exact) mass is 232 g/mol. The lowest BCUT2D eigenvalue weighted by Gasteiger charge is -2.08. The molecule has 1 aromatic carbocycles. The third kappa shape index (κ3) is 2.36. The van der Waals surface area contributed by atoms with Crippen molar-refractivity contribution < 1.29 is 9.13 Å². The Bertz CT molecular complexity index is 555. The summed E-state index contributed by atoms with van der Waals surface area (Å²) in [5, 5.41) is 0. The number of rotatable bonds is 2. The standard InChI is InChI=1S/C13H13FN2O/c1-8-4-3-5-11(13(8)14)17-12-6-10(15)9(2)7-16-12/h3-7H,1-2H3,(H2,15,16). The van der Waals surface area contributed by atoms with Crippen LogP contribution in [0.4, 0.5) is 10.1 Å². The molecule has 0 bridgehead atoms. The van der Waals surface area contributed by atoms with Gasteiger partial charge in [-0.25, -0.2) is 9.37 Å². The molecule has 17 heavy (non-hydrogen) atoms. The van der Waals surface area contributed by atoms with Crippen LogP contribution in [-0.2, 0) is 0 Å². The summed E-state index contributed by atoms with van der Waals surface area (Å²) in [6.07, 6.45) is 1.60. The van der Waals surface area contributed by atoms with Gasteiger partial charge < -0.3 is 10.5 Å². The Morgan fingerprint density at radius 2 is 2.00 bits per heavy atom. The molecule has 2 rings (SSSR count). The minimum absolute atomic E-state index is 0.153. The average molecular weight is 232 g/mol. The first-order valence-electron chi connectivity index (χ1n) is 5.23. The van der Waals surface area contributed by atoms with E-state index in [0.29, 0.717) is 11.3 Å². The SMILES string of the molecule is Cc1cnc(Oc2cccc(C)c2F)cc1N. The fourth-order valence-electron chi connectivity index (χ4n) is 1.39. The summed E-state index contributed by atoms with van der Waals surface area (Å²) in [5.74, 6) is 0.0619. The second-order valence-corrected chi connectivity index (χ2v) is 3.87. The number of hydrogen-bond donors (Lipinski definition) is 1. The minimum atomic E-state index is -0.381. The van der Waals surface area contributed by atoms with Crippen LogP contribution in [0.15, 0.2) is 30.5 Å². The Kier molecular flexibility index (Phi) is 2.95. The van der Waals surface area contributed by atoms with Crippen molar-refractivity contribution in [2.75, 3.05) is 5.73 Å². The number of aromatic nitrogens is 1. The quantitative estimate of drug-likeness (QED) is 0.864.